The highest BCUT2D eigenvalue weighted by atomic mass is 32.3. The Morgan fingerprint density at radius 3 is 1.50 bits per heavy atom. The van der Waals surface area contributed by atoms with Gasteiger partial charge in [-0.2, -0.15) is 3.97 Å². The molecule has 5 aromatic carbocycles. The van der Waals surface area contributed by atoms with E-state index in [2.05, 4.69) is 0 Å². The Balaban J connectivity index is 1.59. The Kier molecular flexibility index (Phi) is 7.08. The van der Waals surface area contributed by atoms with E-state index in [-0.39, 0.29) is 0 Å². The van der Waals surface area contributed by atoms with Crippen LogP contribution in [-0.2, 0) is 0 Å². The SMILES string of the molecule is Cc1ccc(C2=[N+]3C(=C(c4ccccc4)c4c(C)c(-c5ccccc5)c(-c5ccc(C)cc5)n4S3(F)F)C(N)=C2c2ccccc2)cc1. The van der Waals surface area contributed by atoms with E-state index in [1.54, 1.807) is 0 Å². The van der Waals surface area contributed by atoms with Gasteiger partial charge in [-0.3, -0.25) is 0 Å². The van der Waals surface area contributed by atoms with Gasteiger partial charge in [-0.15, -0.1) is 0 Å². The summed E-state index contributed by atoms with van der Waals surface area (Å²) in [6, 6.07) is 45.0. The molecule has 0 spiro atoms. The fourth-order valence-corrected chi connectivity index (χ4v) is 8.92. The molecule has 0 amide bonds. The van der Waals surface area contributed by atoms with Crippen molar-refractivity contribution < 1.29 is 11.8 Å². The minimum Gasteiger partial charge on any atom is -0.393 e. The number of fused-ring (bicyclic) bond motifs is 2. The Labute approximate surface area is 281 Å². The molecule has 236 valence electrons. The average molecular weight is 651 g/mol. The van der Waals surface area contributed by atoms with Gasteiger partial charge >= 0.3 is 11.2 Å². The average Bonchev–Trinajstić information content (AvgIpc) is 3.59. The first kappa shape index (κ1) is 29.9. The Morgan fingerprint density at radius 1 is 0.521 bits per heavy atom. The Bertz CT molecular complexity index is 2300. The van der Waals surface area contributed by atoms with Crippen molar-refractivity contribution >= 4 is 28.0 Å². The van der Waals surface area contributed by atoms with Crippen LogP contribution < -0.4 is 5.73 Å². The molecule has 1 aromatic heterocycles. The first-order valence-corrected chi connectivity index (χ1v) is 17.3. The predicted molar refractivity (Wildman–Crippen MR) is 196 cm³/mol. The number of benzene rings is 5. The van der Waals surface area contributed by atoms with E-state index in [0.29, 0.717) is 45.2 Å². The standard InChI is InChI=1S/C42H33F2N3S/c1-27-19-23-33(24-20-27)40-35(30-13-7-4-8-14-30)29(3)39-37(32-17-11-6-12-18-32)42-38(45)36(31-15-9-5-10-16-31)41(34-25-21-28(2)22-26-34)47(42)48(43,44)46(39)40/h4-26,45H,1-3H3/p+1. The molecule has 0 bridgehead atoms. The van der Waals surface area contributed by atoms with Crippen LogP contribution in [0.1, 0.15) is 39.1 Å². The Morgan fingerprint density at radius 2 is 0.979 bits per heavy atom. The Hall–Kier alpha value is -5.46. The number of halogens is 2. The third-order valence-corrected chi connectivity index (χ3v) is 10.9. The molecule has 2 aliphatic rings. The molecule has 2 aliphatic heterocycles. The minimum absolute atomic E-state index is 0.341. The summed E-state index contributed by atoms with van der Waals surface area (Å²) in [6.07, 6.45) is 0. The van der Waals surface area contributed by atoms with Crippen LogP contribution in [0.25, 0.3) is 33.5 Å². The van der Waals surface area contributed by atoms with Gasteiger partial charge in [0.1, 0.15) is 5.70 Å². The van der Waals surface area contributed by atoms with Crippen LogP contribution in [0.3, 0.4) is 0 Å². The molecule has 0 fully saturated rings. The fraction of sp³-hybridized carbons (Fsp3) is 0.0714. The largest absolute Gasteiger partial charge is 0.393 e. The molecule has 6 heteroatoms. The van der Waals surface area contributed by atoms with Gasteiger partial charge in [0.05, 0.1) is 22.5 Å². The van der Waals surface area contributed by atoms with Crippen molar-refractivity contribution in [2.45, 2.75) is 20.8 Å². The zero-order valence-corrected chi connectivity index (χ0v) is 27.7. The summed E-state index contributed by atoms with van der Waals surface area (Å²) in [5.41, 5.74) is 18.2. The summed E-state index contributed by atoms with van der Waals surface area (Å²) in [5.74, 6) is 0. The van der Waals surface area contributed by atoms with Crippen LogP contribution in [0, 0.1) is 20.8 Å². The van der Waals surface area contributed by atoms with E-state index in [9.17, 15) is 0 Å². The van der Waals surface area contributed by atoms with Crippen molar-refractivity contribution in [1.29, 1.82) is 0 Å². The highest BCUT2D eigenvalue weighted by Crippen LogP contribution is 2.67. The molecule has 2 N–H and O–H groups in total. The van der Waals surface area contributed by atoms with Crippen LogP contribution >= 0.6 is 11.2 Å². The van der Waals surface area contributed by atoms with E-state index < -0.39 is 11.2 Å². The van der Waals surface area contributed by atoms with Crippen molar-refractivity contribution in [3.63, 3.8) is 0 Å². The molecular weight excluding hydrogens is 617 g/mol. The summed E-state index contributed by atoms with van der Waals surface area (Å²) in [5, 5.41) is 0. The topological polar surface area (TPSA) is 34.0 Å². The molecule has 0 radical (unpaired) electrons. The molecule has 48 heavy (non-hydrogen) atoms. The van der Waals surface area contributed by atoms with Gasteiger partial charge in [-0.05, 0) is 55.2 Å². The maximum absolute atomic E-state index is 18.3. The number of aromatic nitrogens is 1. The molecule has 0 atom stereocenters. The summed E-state index contributed by atoms with van der Waals surface area (Å²) < 4.78 is 39.2. The lowest BCUT2D eigenvalue weighted by atomic mass is 9.92. The van der Waals surface area contributed by atoms with E-state index in [1.165, 1.54) is 7.95 Å². The van der Waals surface area contributed by atoms with Crippen molar-refractivity contribution in [3.05, 3.63) is 190 Å². The normalized spacial score (nSPS) is 15.9. The minimum atomic E-state index is -4.81. The van der Waals surface area contributed by atoms with Gasteiger partial charge in [-0.1, -0.05) is 150 Å². The van der Waals surface area contributed by atoms with Crippen LogP contribution in [0.2, 0.25) is 0 Å². The molecule has 0 saturated heterocycles. The number of nitrogens with zero attached hydrogens (tertiary/aromatic N) is 2. The predicted octanol–water partition coefficient (Wildman–Crippen LogP) is 10.7. The molecule has 0 aliphatic carbocycles. The highest BCUT2D eigenvalue weighted by Gasteiger charge is 2.58. The van der Waals surface area contributed by atoms with Gasteiger partial charge < -0.3 is 5.73 Å². The van der Waals surface area contributed by atoms with Crippen LogP contribution in [0.4, 0.5) is 7.77 Å². The van der Waals surface area contributed by atoms with E-state index in [4.69, 9.17) is 5.73 Å². The number of hydrogen-bond acceptors (Lipinski definition) is 1. The van der Waals surface area contributed by atoms with E-state index in [1.807, 2.05) is 160 Å². The van der Waals surface area contributed by atoms with Gasteiger partial charge in [0.2, 0.25) is 5.71 Å². The van der Waals surface area contributed by atoms with Crippen LogP contribution in [0.15, 0.2) is 151 Å². The van der Waals surface area contributed by atoms with Crippen molar-refractivity contribution in [2.24, 2.45) is 5.73 Å². The van der Waals surface area contributed by atoms with Gasteiger partial charge in [0.15, 0.2) is 0 Å². The monoisotopic (exact) mass is 650 g/mol. The van der Waals surface area contributed by atoms with Crippen LogP contribution in [-0.4, -0.2) is 13.7 Å². The molecule has 3 heterocycles. The number of nitrogens with two attached hydrogens (primary N) is 1. The van der Waals surface area contributed by atoms with Crippen molar-refractivity contribution in [2.75, 3.05) is 0 Å². The summed E-state index contributed by atoms with van der Waals surface area (Å²) in [7, 11) is 0. The van der Waals surface area contributed by atoms with Gasteiger partial charge in [-0.25, -0.2) is 0 Å². The highest BCUT2D eigenvalue weighted by molar-refractivity contribution is 8.19. The zero-order chi connectivity index (χ0) is 33.2. The summed E-state index contributed by atoms with van der Waals surface area (Å²) >= 11 is -4.81. The van der Waals surface area contributed by atoms with E-state index >= 15 is 7.77 Å². The molecule has 8 rings (SSSR count). The maximum atomic E-state index is 18.3. The first-order chi connectivity index (χ1) is 23.3. The fourth-order valence-electron chi connectivity index (χ4n) is 7.07. The number of aryl methyl sites for hydroxylation is 2. The van der Waals surface area contributed by atoms with Gasteiger partial charge in [0.25, 0.3) is 5.70 Å². The zero-order valence-electron chi connectivity index (χ0n) is 26.9. The van der Waals surface area contributed by atoms with Gasteiger partial charge in [0, 0.05) is 16.7 Å². The second-order valence-electron chi connectivity index (χ2n) is 12.4. The molecule has 0 unspecified atom stereocenters. The van der Waals surface area contributed by atoms with Crippen LogP contribution in [0.5, 0.6) is 0 Å². The third kappa shape index (κ3) is 4.51. The molecule has 0 saturated carbocycles. The number of hydrogen-bond donors (Lipinski definition) is 1. The quantitative estimate of drug-likeness (QED) is 0.185. The maximum Gasteiger partial charge on any atom is 0.388 e. The van der Waals surface area contributed by atoms with Crippen molar-refractivity contribution in [3.8, 4) is 22.4 Å². The first-order valence-electron chi connectivity index (χ1n) is 16.0. The summed E-state index contributed by atoms with van der Waals surface area (Å²) in [4.78, 5) is 0. The lowest BCUT2D eigenvalue weighted by Crippen LogP contribution is -2.29. The summed E-state index contributed by atoms with van der Waals surface area (Å²) in [6.45, 7) is 5.98. The molecule has 6 aromatic rings. The van der Waals surface area contributed by atoms with Crippen molar-refractivity contribution in [1.82, 2.24) is 3.97 Å². The lowest BCUT2D eigenvalue weighted by molar-refractivity contribution is -0.302. The second kappa shape index (κ2) is 11.4. The van der Waals surface area contributed by atoms with E-state index in [0.717, 1.165) is 44.5 Å². The number of rotatable bonds is 5. The molecular formula is C42H34F2N3S+. The number of allylic oxidation sites excluding steroid dienone is 1. The lowest BCUT2D eigenvalue weighted by Gasteiger charge is -2.29. The molecule has 3 nitrogen and oxygen atoms in total. The third-order valence-electron chi connectivity index (χ3n) is 9.29. The second-order valence-corrected chi connectivity index (χ2v) is 14.0. The smallest absolute Gasteiger partial charge is 0.388 e.